The van der Waals surface area contributed by atoms with Gasteiger partial charge in [-0.05, 0) is 59.4 Å². The van der Waals surface area contributed by atoms with Crippen LogP contribution in [-0.4, -0.2) is 17.9 Å². The van der Waals surface area contributed by atoms with E-state index in [1.54, 1.807) is 0 Å². The zero-order valence-corrected chi connectivity index (χ0v) is 25.7. The highest BCUT2D eigenvalue weighted by molar-refractivity contribution is 6.10. The van der Waals surface area contributed by atoms with E-state index in [1.807, 2.05) is 0 Å². The van der Waals surface area contributed by atoms with Crippen molar-refractivity contribution in [3.05, 3.63) is 167 Å². The Labute approximate surface area is 265 Å². The summed E-state index contributed by atoms with van der Waals surface area (Å²) in [6.45, 7) is 4.94. The number of aliphatic imine (C=N–C) groups is 1. The number of rotatable bonds is 3. The average molecular weight is 586 g/mol. The van der Waals surface area contributed by atoms with Gasteiger partial charge in [-0.15, -0.1) is 0 Å². The summed E-state index contributed by atoms with van der Waals surface area (Å²) >= 11 is 0. The lowest BCUT2D eigenvalue weighted by atomic mass is 9.56. The normalized spacial score (nSPS) is 30.3. The zero-order chi connectivity index (χ0) is 30.1. The second-order valence-corrected chi connectivity index (χ2v) is 13.3. The third-order valence-electron chi connectivity index (χ3n) is 10.6. The van der Waals surface area contributed by atoms with Crippen LogP contribution in [0.25, 0.3) is 22.7 Å². The van der Waals surface area contributed by atoms with Crippen LogP contribution in [0.5, 0.6) is 0 Å². The minimum Gasteiger partial charge on any atom is -0.371 e. The van der Waals surface area contributed by atoms with Gasteiger partial charge in [0.25, 0.3) is 0 Å². The Morgan fingerprint density at radius 2 is 1.60 bits per heavy atom. The van der Waals surface area contributed by atoms with E-state index in [-0.39, 0.29) is 17.6 Å². The lowest BCUT2D eigenvalue weighted by molar-refractivity contribution is -0.787. The summed E-state index contributed by atoms with van der Waals surface area (Å²) < 4.78 is 0. The molecule has 3 heterocycles. The van der Waals surface area contributed by atoms with Gasteiger partial charge in [-0.25, -0.2) is 4.99 Å². The minimum absolute atomic E-state index is 0.0555. The van der Waals surface area contributed by atoms with Crippen molar-refractivity contribution in [1.82, 2.24) is 10.6 Å². The predicted octanol–water partition coefficient (Wildman–Crippen LogP) is 6.63. The van der Waals surface area contributed by atoms with Gasteiger partial charge in [-0.2, -0.15) is 0 Å². The van der Waals surface area contributed by atoms with Crippen molar-refractivity contribution in [1.29, 1.82) is 0 Å². The van der Waals surface area contributed by atoms with Crippen LogP contribution in [0.15, 0.2) is 144 Å². The molecule has 3 aliphatic carbocycles. The van der Waals surface area contributed by atoms with Crippen molar-refractivity contribution < 1.29 is 4.90 Å². The number of benzene rings is 3. The first-order valence-corrected chi connectivity index (χ1v) is 16.2. The molecule has 6 aliphatic rings. The van der Waals surface area contributed by atoms with Crippen LogP contribution in [0.3, 0.4) is 0 Å². The molecule has 220 valence electrons. The molecular formula is C41H37N4+. The maximum Gasteiger partial charge on any atom is 0.189 e. The van der Waals surface area contributed by atoms with E-state index >= 15 is 0 Å². The summed E-state index contributed by atoms with van der Waals surface area (Å²) in [6.07, 6.45) is 21.4. The Balaban J connectivity index is 1.28. The number of allylic oxidation sites excluding steroid dienone is 7. The monoisotopic (exact) mass is 585 g/mol. The van der Waals surface area contributed by atoms with Crippen molar-refractivity contribution in [3.63, 3.8) is 0 Å². The first-order chi connectivity index (χ1) is 22.1. The Morgan fingerprint density at radius 1 is 0.822 bits per heavy atom. The largest absolute Gasteiger partial charge is 0.371 e. The fraction of sp³-hybridized carbons (Fsp3) is 0.195. The topological polar surface area (TPSA) is 40.9 Å². The summed E-state index contributed by atoms with van der Waals surface area (Å²) in [4.78, 5) is 6.65. The first kappa shape index (κ1) is 26.5. The van der Waals surface area contributed by atoms with E-state index in [9.17, 15) is 0 Å². The fourth-order valence-electron chi connectivity index (χ4n) is 8.65. The lowest BCUT2D eigenvalue weighted by Crippen LogP contribution is -3.08. The van der Waals surface area contributed by atoms with Crippen molar-refractivity contribution in [2.45, 2.75) is 37.9 Å². The highest BCUT2D eigenvalue weighted by atomic mass is 15.3. The molecule has 45 heavy (non-hydrogen) atoms. The highest BCUT2D eigenvalue weighted by Gasteiger charge is 2.54. The number of nitrogens with one attached hydrogen (secondary N) is 3. The number of fused-ring (bicyclic) bond motifs is 8. The Bertz CT molecular complexity index is 1970. The second kappa shape index (κ2) is 10.0. The van der Waals surface area contributed by atoms with Crippen LogP contribution in [-0.2, 0) is 5.41 Å². The SMILES string of the molecule is CC1CC(c2ccccc2)=CC2(C)c3cc(C4=C(c5ccccc5)N=C5C=CC=CC5N4)ccc3C3=C(NC4C=CC=C[NH+]34)C12. The van der Waals surface area contributed by atoms with Gasteiger partial charge in [0, 0.05) is 28.0 Å². The summed E-state index contributed by atoms with van der Waals surface area (Å²) in [5.74, 6) is 0.817. The van der Waals surface area contributed by atoms with Gasteiger partial charge < -0.3 is 10.6 Å². The molecule has 3 aliphatic heterocycles. The molecule has 0 aromatic heterocycles. The smallest absolute Gasteiger partial charge is 0.189 e. The van der Waals surface area contributed by atoms with Crippen molar-refractivity contribution >= 4 is 28.4 Å². The summed E-state index contributed by atoms with van der Waals surface area (Å²) in [6, 6.07) is 28.8. The van der Waals surface area contributed by atoms with E-state index in [0.29, 0.717) is 11.8 Å². The molecule has 3 aromatic carbocycles. The van der Waals surface area contributed by atoms with Gasteiger partial charge in [-0.1, -0.05) is 111 Å². The second-order valence-electron chi connectivity index (χ2n) is 13.3. The number of quaternary nitrogens is 1. The molecule has 0 bridgehead atoms. The zero-order valence-electron chi connectivity index (χ0n) is 25.7. The molecule has 6 unspecified atom stereocenters. The first-order valence-electron chi connectivity index (χ1n) is 16.2. The minimum atomic E-state index is -0.189. The molecule has 3 N–H and O–H groups in total. The van der Waals surface area contributed by atoms with Crippen molar-refractivity contribution in [3.8, 4) is 0 Å². The molecule has 0 fully saturated rings. The molecule has 4 nitrogen and oxygen atoms in total. The van der Waals surface area contributed by atoms with Crippen LogP contribution in [0.4, 0.5) is 0 Å². The van der Waals surface area contributed by atoms with Gasteiger partial charge in [0.1, 0.15) is 6.20 Å². The molecule has 6 atom stereocenters. The van der Waals surface area contributed by atoms with E-state index < -0.39 is 0 Å². The van der Waals surface area contributed by atoms with E-state index in [4.69, 9.17) is 4.99 Å². The number of hydrogen-bond acceptors (Lipinski definition) is 3. The van der Waals surface area contributed by atoms with Gasteiger partial charge >= 0.3 is 0 Å². The van der Waals surface area contributed by atoms with Gasteiger partial charge in [-0.3, -0.25) is 4.90 Å². The highest BCUT2D eigenvalue weighted by Crippen LogP contribution is 2.55. The van der Waals surface area contributed by atoms with Crippen LogP contribution in [0.1, 0.15) is 48.1 Å². The molecule has 0 saturated heterocycles. The van der Waals surface area contributed by atoms with Crippen molar-refractivity contribution in [2.24, 2.45) is 16.8 Å². The number of hydrogen-bond donors (Lipinski definition) is 3. The summed E-state index contributed by atoms with van der Waals surface area (Å²) in [5.41, 5.74) is 13.6. The summed E-state index contributed by atoms with van der Waals surface area (Å²) in [5, 5.41) is 7.90. The van der Waals surface area contributed by atoms with Crippen LogP contribution in [0.2, 0.25) is 0 Å². The third-order valence-corrected chi connectivity index (χ3v) is 10.6. The fourth-order valence-corrected chi connectivity index (χ4v) is 8.65. The quantitative estimate of drug-likeness (QED) is 0.323. The predicted molar refractivity (Wildman–Crippen MR) is 184 cm³/mol. The Kier molecular flexibility index (Phi) is 5.91. The molecular weight excluding hydrogens is 548 g/mol. The van der Waals surface area contributed by atoms with Gasteiger partial charge in [0.05, 0.1) is 28.8 Å². The molecule has 0 spiro atoms. The molecule has 0 radical (unpaired) electrons. The van der Waals surface area contributed by atoms with Gasteiger partial charge in [0.15, 0.2) is 11.9 Å². The van der Waals surface area contributed by atoms with E-state index in [2.05, 4.69) is 158 Å². The van der Waals surface area contributed by atoms with Crippen molar-refractivity contribution in [2.75, 3.05) is 0 Å². The van der Waals surface area contributed by atoms with Crippen LogP contribution >= 0.6 is 0 Å². The molecule has 3 aromatic rings. The maximum absolute atomic E-state index is 5.26. The number of nitrogens with zero attached hydrogens (tertiary/aromatic N) is 1. The third kappa shape index (κ3) is 4.05. The average Bonchev–Trinajstić information content (AvgIpc) is 3.47. The molecule has 9 rings (SSSR count). The standard InChI is InChI=1S/C41H36N4/c1-26-23-30(27-13-5-3-6-14-27)25-41(2)32-24-29(20-21-31(32)40-39(36(26)41)44-35-19-11-12-22-45(35)40)38-37(28-15-7-4-8-16-28)42-33-17-9-10-18-34(33)43-38/h3-22,24-26,34-36,43-44H,23H2,1-2H3/p+1. The molecule has 0 saturated carbocycles. The van der Waals surface area contributed by atoms with Gasteiger partial charge in [0.2, 0.25) is 0 Å². The lowest BCUT2D eigenvalue weighted by Gasteiger charge is -2.47. The summed E-state index contributed by atoms with van der Waals surface area (Å²) in [7, 11) is 0. The Morgan fingerprint density at radius 3 is 2.42 bits per heavy atom. The molecule has 0 amide bonds. The van der Waals surface area contributed by atoms with Crippen LogP contribution in [0, 0.1) is 11.8 Å². The van der Waals surface area contributed by atoms with Crippen LogP contribution < -0.4 is 15.5 Å². The van der Waals surface area contributed by atoms with E-state index in [1.165, 1.54) is 44.1 Å². The molecule has 4 heteroatoms. The maximum atomic E-state index is 5.26. The Hall–Kier alpha value is -4.93. The van der Waals surface area contributed by atoms with E-state index in [0.717, 1.165) is 29.1 Å².